The van der Waals surface area contributed by atoms with Gasteiger partial charge in [0.1, 0.15) is 17.8 Å². The highest BCUT2D eigenvalue weighted by atomic mass is 19.4. The van der Waals surface area contributed by atoms with E-state index in [1.165, 1.54) is 0 Å². The topological polar surface area (TPSA) is 73.6 Å². The highest BCUT2D eigenvalue weighted by Gasteiger charge is 2.52. The summed E-state index contributed by atoms with van der Waals surface area (Å²) in [6, 6.07) is 2.23. The van der Waals surface area contributed by atoms with Crippen LogP contribution in [0.15, 0.2) is 18.2 Å². The lowest BCUT2D eigenvalue weighted by Crippen LogP contribution is -2.49. The second-order valence-electron chi connectivity index (χ2n) is 8.24. The summed E-state index contributed by atoms with van der Waals surface area (Å²) in [7, 11) is 0. The molecule has 0 saturated carbocycles. The van der Waals surface area contributed by atoms with Crippen LogP contribution in [0.3, 0.4) is 0 Å². The first-order valence-corrected chi connectivity index (χ1v) is 10.7. The Labute approximate surface area is 187 Å². The fraction of sp³-hybridized carbons (Fsp3) is 0.591. The zero-order valence-electron chi connectivity index (χ0n) is 18.0. The largest absolute Gasteiger partial charge is 0.493 e. The summed E-state index contributed by atoms with van der Waals surface area (Å²) >= 11 is 0. The molecule has 11 heteroatoms. The van der Waals surface area contributed by atoms with Crippen molar-refractivity contribution in [3.63, 3.8) is 0 Å². The van der Waals surface area contributed by atoms with Crippen LogP contribution in [0, 0.1) is 11.3 Å². The second-order valence-corrected chi connectivity index (χ2v) is 8.24. The van der Waals surface area contributed by atoms with Crippen molar-refractivity contribution in [2.75, 3.05) is 19.7 Å². The lowest BCUT2D eigenvalue weighted by Gasteiger charge is -2.29. The lowest BCUT2D eigenvalue weighted by molar-refractivity contribution is -0.139. The molecule has 6 nitrogen and oxygen atoms in total. The Balaban J connectivity index is 1.90. The number of nitriles is 1. The summed E-state index contributed by atoms with van der Waals surface area (Å²) < 4.78 is 74.4. The number of carbonyl (C=O) groups excluding carboxylic acids is 2. The molecular formula is C22H24F5N3O3. The van der Waals surface area contributed by atoms with Crippen molar-refractivity contribution in [3.8, 4) is 11.8 Å². The Morgan fingerprint density at radius 3 is 2.64 bits per heavy atom. The Hall–Kier alpha value is -2.90. The Morgan fingerprint density at radius 2 is 2.00 bits per heavy atom. The number of likely N-dealkylation sites (tertiary alicyclic amines) is 2. The van der Waals surface area contributed by atoms with E-state index in [1.54, 1.807) is 0 Å². The van der Waals surface area contributed by atoms with Crippen LogP contribution in [0.25, 0.3) is 0 Å². The van der Waals surface area contributed by atoms with Gasteiger partial charge in [-0.05, 0) is 37.5 Å². The van der Waals surface area contributed by atoms with Gasteiger partial charge in [0, 0.05) is 18.5 Å². The van der Waals surface area contributed by atoms with Crippen LogP contribution in [0.4, 0.5) is 22.0 Å². The third-order valence-corrected chi connectivity index (χ3v) is 5.79. The van der Waals surface area contributed by atoms with Crippen molar-refractivity contribution in [2.45, 2.75) is 63.2 Å². The minimum atomic E-state index is -4.84. The molecule has 0 N–H and O–H groups in total. The van der Waals surface area contributed by atoms with Gasteiger partial charge >= 0.3 is 6.18 Å². The highest BCUT2D eigenvalue weighted by molar-refractivity contribution is 5.98. The lowest BCUT2D eigenvalue weighted by atomic mass is 10.1. The number of benzene rings is 1. The van der Waals surface area contributed by atoms with Gasteiger partial charge in [0.2, 0.25) is 5.91 Å². The molecule has 2 amide bonds. The van der Waals surface area contributed by atoms with E-state index in [0.717, 1.165) is 17.0 Å². The minimum absolute atomic E-state index is 0.0533. The normalized spacial score (nSPS) is 22.3. The van der Waals surface area contributed by atoms with Gasteiger partial charge in [-0.2, -0.15) is 18.4 Å². The molecule has 180 valence electrons. The SMILES string of the molecule is CCCCOc1ccc(C(=O)N2CC(F)(F)C[C@H]2C(=O)N2CCC[C@H]2C#N)cc1C(F)(F)F. The molecule has 1 aromatic carbocycles. The molecule has 2 fully saturated rings. The van der Waals surface area contributed by atoms with Gasteiger partial charge in [0.05, 0.1) is 24.8 Å². The van der Waals surface area contributed by atoms with Crippen molar-refractivity contribution >= 4 is 11.8 Å². The number of ether oxygens (including phenoxy) is 1. The zero-order valence-corrected chi connectivity index (χ0v) is 18.0. The van der Waals surface area contributed by atoms with E-state index >= 15 is 0 Å². The van der Waals surface area contributed by atoms with Gasteiger partial charge in [-0.15, -0.1) is 0 Å². The van der Waals surface area contributed by atoms with Crippen molar-refractivity contribution in [2.24, 2.45) is 0 Å². The van der Waals surface area contributed by atoms with Gasteiger partial charge in [-0.1, -0.05) is 13.3 Å². The van der Waals surface area contributed by atoms with Crippen LogP contribution in [0.1, 0.15) is 54.9 Å². The molecule has 0 radical (unpaired) electrons. The summed E-state index contributed by atoms with van der Waals surface area (Å²) in [5.74, 6) is -5.74. The van der Waals surface area contributed by atoms with E-state index in [2.05, 4.69) is 0 Å². The molecule has 2 saturated heterocycles. The summed E-state index contributed by atoms with van der Waals surface area (Å²) in [4.78, 5) is 27.7. The van der Waals surface area contributed by atoms with Gasteiger partial charge in [0.25, 0.3) is 11.8 Å². The van der Waals surface area contributed by atoms with Crippen LogP contribution in [0.2, 0.25) is 0 Å². The number of rotatable bonds is 6. The van der Waals surface area contributed by atoms with Crippen molar-refractivity contribution < 1.29 is 36.3 Å². The maximum Gasteiger partial charge on any atom is 0.419 e. The number of alkyl halides is 5. The second kappa shape index (κ2) is 9.53. The quantitative estimate of drug-likeness (QED) is 0.458. The predicted octanol–water partition coefficient (Wildman–Crippen LogP) is 4.25. The molecule has 2 heterocycles. The summed E-state index contributed by atoms with van der Waals surface area (Å²) in [5.41, 5.74) is -1.67. The van der Waals surface area contributed by atoms with Crippen LogP contribution in [0.5, 0.6) is 5.75 Å². The molecule has 0 spiro atoms. The average Bonchev–Trinajstić information content (AvgIpc) is 3.36. The average molecular weight is 473 g/mol. The Bertz CT molecular complexity index is 944. The van der Waals surface area contributed by atoms with Crippen molar-refractivity contribution in [1.29, 1.82) is 5.26 Å². The van der Waals surface area contributed by atoms with Crippen LogP contribution in [-0.2, 0) is 11.0 Å². The molecule has 2 atom stereocenters. The maximum absolute atomic E-state index is 14.2. The number of halogens is 5. The zero-order chi connectivity index (χ0) is 24.4. The molecule has 33 heavy (non-hydrogen) atoms. The van der Waals surface area contributed by atoms with Crippen molar-refractivity contribution in [3.05, 3.63) is 29.3 Å². The third-order valence-electron chi connectivity index (χ3n) is 5.79. The number of hydrogen-bond acceptors (Lipinski definition) is 4. The van der Waals surface area contributed by atoms with Crippen LogP contribution >= 0.6 is 0 Å². The van der Waals surface area contributed by atoms with Crippen molar-refractivity contribution in [1.82, 2.24) is 9.80 Å². The van der Waals surface area contributed by atoms with Gasteiger partial charge in [0.15, 0.2) is 0 Å². The fourth-order valence-electron chi connectivity index (χ4n) is 4.11. The number of nitrogens with zero attached hydrogens (tertiary/aromatic N) is 3. The van der Waals surface area contributed by atoms with E-state index in [0.29, 0.717) is 36.6 Å². The Morgan fingerprint density at radius 1 is 1.27 bits per heavy atom. The maximum atomic E-state index is 14.2. The summed E-state index contributed by atoms with van der Waals surface area (Å²) in [5, 5.41) is 9.20. The molecule has 2 aliphatic heterocycles. The molecule has 2 aliphatic rings. The predicted molar refractivity (Wildman–Crippen MR) is 107 cm³/mol. The van der Waals surface area contributed by atoms with Gasteiger partial charge in [-0.25, -0.2) is 8.78 Å². The van der Waals surface area contributed by atoms with Crippen LogP contribution in [-0.4, -0.2) is 59.3 Å². The van der Waals surface area contributed by atoms with E-state index in [1.807, 2.05) is 13.0 Å². The molecule has 0 aliphatic carbocycles. The monoisotopic (exact) mass is 473 g/mol. The highest BCUT2D eigenvalue weighted by Crippen LogP contribution is 2.39. The van der Waals surface area contributed by atoms with Gasteiger partial charge in [-0.3, -0.25) is 9.59 Å². The number of hydrogen-bond donors (Lipinski definition) is 0. The standard InChI is InChI=1S/C22H24F5N3O3/c1-2-3-9-33-18-7-6-14(10-16(18)22(25,26)27)19(31)30-13-21(23,24)11-17(30)20(32)29-8-4-5-15(29)12-28/h6-7,10,15,17H,2-5,8-9,11,13H2,1H3/t15-,17-/m0/s1. The smallest absolute Gasteiger partial charge is 0.419 e. The van der Waals surface area contributed by atoms with Crippen LogP contribution < -0.4 is 4.74 Å². The fourth-order valence-corrected chi connectivity index (χ4v) is 4.11. The first-order valence-electron chi connectivity index (χ1n) is 10.7. The first kappa shape index (κ1) is 24.7. The molecule has 0 aromatic heterocycles. The number of carbonyl (C=O) groups is 2. The molecule has 0 unspecified atom stereocenters. The summed E-state index contributed by atoms with van der Waals surface area (Å²) in [6.07, 6.45) is -3.62. The van der Waals surface area contributed by atoms with Gasteiger partial charge < -0.3 is 14.5 Å². The van der Waals surface area contributed by atoms with E-state index < -0.39 is 65.8 Å². The first-order chi connectivity index (χ1) is 15.5. The molecule has 3 rings (SSSR count). The van der Waals surface area contributed by atoms with E-state index in [4.69, 9.17) is 4.74 Å². The number of unbranched alkanes of at least 4 members (excludes halogenated alkanes) is 1. The Kier molecular flexibility index (Phi) is 7.14. The molecular weight excluding hydrogens is 449 g/mol. The van der Waals surface area contributed by atoms with E-state index in [-0.39, 0.29) is 13.2 Å². The molecule has 0 bridgehead atoms. The minimum Gasteiger partial charge on any atom is -0.493 e. The van der Waals surface area contributed by atoms with E-state index in [9.17, 15) is 36.8 Å². The third kappa shape index (κ3) is 5.37. The summed E-state index contributed by atoms with van der Waals surface area (Å²) in [6.45, 7) is 1.00. The molecule has 1 aromatic rings. The number of amides is 2.